The maximum absolute atomic E-state index is 13.8. The summed E-state index contributed by atoms with van der Waals surface area (Å²) in [6.45, 7) is 1.77. The lowest BCUT2D eigenvalue weighted by Crippen LogP contribution is -2.43. The van der Waals surface area contributed by atoms with E-state index in [1.165, 1.54) is 6.07 Å². The van der Waals surface area contributed by atoms with Crippen molar-refractivity contribution in [1.82, 2.24) is 5.32 Å². The van der Waals surface area contributed by atoms with Crippen LogP contribution in [0, 0.1) is 11.8 Å². The molecule has 1 aliphatic carbocycles. The first-order valence-electron chi connectivity index (χ1n) is 9.06. The number of aliphatic hydroxyl groups is 2. The summed E-state index contributed by atoms with van der Waals surface area (Å²) in [6, 6.07) is 6.64. The van der Waals surface area contributed by atoms with Gasteiger partial charge in [-0.1, -0.05) is 24.3 Å². The van der Waals surface area contributed by atoms with E-state index in [0.29, 0.717) is 17.9 Å². The lowest BCUT2D eigenvalue weighted by Gasteiger charge is -2.33. The molecular weight excluding hydrogens is 344 g/mol. The van der Waals surface area contributed by atoms with Gasteiger partial charge in [-0.2, -0.15) is 0 Å². The molecular formula is C19H25F2NO4. The summed E-state index contributed by atoms with van der Waals surface area (Å²) in [6.07, 6.45) is -0.745. The van der Waals surface area contributed by atoms with Crippen molar-refractivity contribution in [3.63, 3.8) is 0 Å². The summed E-state index contributed by atoms with van der Waals surface area (Å²) in [5.74, 6) is -5.84. The summed E-state index contributed by atoms with van der Waals surface area (Å²) in [5, 5.41) is 33.7. The Morgan fingerprint density at radius 1 is 1.27 bits per heavy atom. The monoisotopic (exact) mass is 369 g/mol. The van der Waals surface area contributed by atoms with Crippen LogP contribution in [0.15, 0.2) is 24.3 Å². The van der Waals surface area contributed by atoms with Crippen LogP contribution in [0.25, 0.3) is 0 Å². The zero-order chi connectivity index (χ0) is 18.9. The number of carbonyl (C=O) groups is 1. The molecule has 5 nitrogen and oxygen atoms in total. The molecule has 3 rings (SSSR count). The number of rotatable bonds is 5. The van der Waals surface area contributed by atoms with Gasteiger partial charge in [0.05, 0.1) is 0 Å². The molecule has 3 atom stereocenters. The van der Waals surface area contributed by atoms with E-state index in [4.69, 9.17) is 0 Å². The fraction of sp³-hybridized carbons (Fsp3) is 0.632. The second-order valence-electron chi connectivity index (χ2n) is 7.54. The Bertz CT molecular complexity index is 663. The quantitative estimate of drug-likeness (QED) is 0.637. The van der Waals surface area contributed by atoms with Crippen LogP contribution >= 0.6 is 0 Å². The normalized spacial score (nSPS) is 28.6. The van der Waals surface area contributed by atoms with Crippen molar-refractivity contribution >= 4 is 5.97 Å². The third kappa shape index (κ3) is 3.48. The number of piperidine rings is 1. The van der Waals surface area contributed by atoms with E-state index in [1.54, 1.807) is 18.2 Å². The van der Waals surface area contributed by atoms with Crippen molar-refractivity contribution < 1.29 is 28.9 Å². The average Bonchev–Trinajstić information content (AvgIpc) is 2.89. The molecule has 1 aliphatic heterocycles. The number of benzene rings is 1. The largest absolute Gasteiger partial charge is 0.479 e. The number of carboxylic acids is 1. The highest BCUT2D eigenvalue weighted by molar-refractivity contribution is 5.80. The predicted octanol–water partition coefficient (Wildman–Crippen LogP) is 1.91. The second-order valence-corrected chi connectivity index (χ2v) is 7.54. The lowest BCUT2D eigenvalue weighted by molar-refractivity contribution is -0.167. The molecule has 1 saturated heterocycles. The molecule has 1 heterocycles. The van der Waals surface area contributed by atoms with Crippen LogP contribution in [0.2, 0.25) is 0 Å². The maximum atomic E-state index is 13.8. The summed E-state index contributed by atoms with van der Waals surface area (Å²) >= 11 is 0. The minimum absolute atomic E-state index is 0.168. The molecule has 0 radical (unpaired) electrons. The van der Waals surface area contributed by atoms with Crippen LogP contribution in [0.3, 0.4) is 0 Å². The van der Waals surface area contributed by atoms with Crippen molar-refractivity contribution in [2.45, 2.75) is 49.7 Å². The zero-order valence-electron chi connectivity index (χ0n) is 14.5. The SMILES string of the molecule is O=C(O)[C@](O)(c1ccccc1CC1CCNCC1)[C@@H]1C[C@@H](O)C(F)(F)C1. The topological polar surface area (TPSA) is 89.8 Å². The summed E-state index contributed by atoms with van der Waals surface area (Å²) in [4.78, 5) is 12.0. The summed E-state index contributed by atoms with van der Waals surface area (Å²) in [7, 11) is 0. The minimum Gasteiger partial charge on any atom is -0.479 e. The van der Waals surface area contributed by atoms with E-state index in [9.17, 15) is 28.9 Å². The average molecular weight is 369 g/mol. The van der Waals surface area contributed by atoms with Gasteiger partial charge in [0.1, 0.15) is 6.10 Å². The molecule has 2 fully saturated rings. The highest BCUT2D eigenvalue weighted by atomic mass is 19.3. The first-order valence-corrected chi connectivity index (χ1v) is 9.06. The number of nitrogens with one attached hydrogen (secondary N) is 1. The first kappa shape index (κ1) is 19.2. The van der Waals surface area contributed by atoms with Crippen LogP contribution < -0.4 is 5.32 Å². The van der Waals surface area contributed by atoms with Gasteiger partial charge in [-0.3, -0.25) is 0 Å². The first-order chi connectivity index (χ1) is 12.2. The van der Waals surface area contributed by atoms with Gasteiger partial charge in [0, 0.05) is 12.3 Å². The maximum Gasteiger partial charge on any atom is 0.340 e. The fourth-order valence-corrected chi connectivity index (χ4v) is 4.28. The van der Waals surface area contributed by atoms with Crippen molar-refractivity contribution in [1.29, 1.82) is 0 Å². The predicted molar refractivity (Wildman–Crippen MR) is 91.0 cm³/mol. The Balaban J connectivity index is 1.94. The van der Waals surface area contributed by atoms with Gasteiger partial charge in [-0.05, 0) is 55.8 Å². The van der Waals surface area contributed by atoms with Crippen LogP contribution in [0.5, 0.6) is 0 Å². The Kier molecular flexibility index (Phi) is 5.33. The van der Waals surface area contributed by atoms with Crippen LogP contribution in [-0.4, -0.2) is 46.4 Å². The number of halogens is 2. The molecule has 0 bridgehead atoms. The van der Waals surface area contributed by atoms with E-state index in [1.807, 2.05) is 0 Å². The van der Waals surface area contributed by atoms with Gasteiger partial charge < -0.3 is 20.6 Å². The number of alkyl halides is 2. The summed E-state index contributed by atoms with van der Waals surface area (Å²) in [5.41, 5.74) is -1.60. The molecule has 0 amide bonds. The fourth-order valence-electron chi connectivity index (χ4n) is 4.28. The number of hydrogen-bond donors (Lipinski definition) is 4. The highest BCUT2D eigenvalue weighted by Crippen LogP contribution is 2.48. The molecule has 0 aromatic heterocycles. The van der Waals surface area contributed by atoms with Crippen molar-refractivity contribution in [2.75, 3.05) is 13.1 Å². The molecule has 7 heteroatoms. The molecule has 26 heavy (non-hydrogen) atoms. The van der Waals surface area contributed by atoms with E-state index >= 15 is 0 Å². The molecule has 0 spiro atoms. The van der Waals surface area contributed by atoms with Gasteiger partial charge in [0.25, 0.3) is 5.92 Å². The number of hydrogen-bond acceptors (Lipinski definition) is 4. The van der Waals surface area contributed by atoms with Gasteiger partial charge in [0.2, 0.25) is 0 Å². The van der Waals surface area contributed by atoms with Gasteiger partial charge >= 0.3 is 5.97 Å². The van der Waals surface area contributed by atoms with Crippen molar-refractivity contribution in [3.8, 4) is 0 Å². The van der Waals surface area contributed by atoms with Gasteiger partial charge in [-0.25, -0.2) is 13.6 Å². The third-order valence-corrected chi connectivity index (χ3v) is 5.83. The minimum atomic E-state index is -3.39. The summed E-state index contributed by atoms with van der Waals surface area (Å²) < 4.78 is 27.6. The number of aliphatic hydroxyl groups excluding tert-OH is 1. The Labute approximate surface area is 151 Å². The van der Waals surface area contributed by atoms with Gasteiger partial charge in [-0.15, -0.1) is 0 Å². The third-order valence-electron chi connectivity index (χ3n) is 5.83. The highest BCUT2D eigenvalue weighted by Gasteiger charge is 2.58. The standard InChI is InChI=1S/C19H25F2NO4/c20-18(21)11-14(10-16(18)23)19(26,17(24)25)15-4-2-1-3-13(15)9-12-5-7-22-8-6-12/h1-4,12,14,16,22-23,26H,5-11H2,(H,24,25)/t14-,16-,19-/m1/s1. The molecule has 1 aromatic rings. The van der Waals surface area contributed by atoms with E-state index in [-0.39, 0.29) is 5.56 Å². The Morgan fingerprint density at radius 2 is 1.92 bits per heavy atom. The van der Waals surface area contributed by atoms with Crippen LogP contribution in [0.4, 0.5) is 8.78 Å². The Hall–Kier alpha value is -1.57. The lowest BCUT2D eigenvalue weighted by atomic mass is 9.76. The molecule has 0 unspecified atom stereocenters. The van der Waals surface area contributed by atoms with E-state index < -0.39 is 42.4 Å². The smallest absolute Gasteiger partial charge is 0.340 e. The van der Waals surface area contributed by atoms with Crippen molar-refractivity contribution in [2.24, 2.45) is 11.8 Å². The zero-order valence-corrected chi connectivity index (χ0v) is 14.5. The van der Waals surface area contributed by atoms with E-state index in [2.05, 4.69) is 5.32 Å². The molecule has 2 aliphatic rings. The van der Waals surface area contributed by atoms with Crippen LogP contribution in [0.1, 0.15) is 36.8 Å². The van der Waals surface area contributed by atoms with Gasteiger partial charge in [0.15, 0.2) is 5.60 Å². The molecule has 144 valence electrons. The Morgan fingerprint density at radius 3 is 2.50 bits per heavy atom. The molecule has 1 saturated carbocycles. The molecule has 1 aromatic carbocycles. The number of aliphatic carboxylic acids is 1. The molecule has 4 N–H and O–H groups in total. The number of carboxylic acid groups (broad SMARTS) is 1. The van der Waals surface area contributed by atoms with Crippen LogP contribution in [-0.2, 0) is 16.8 Å². The van der Waals surface area contributed by atoms with Crippen molar-refractivity contribution in [3.05, 3.63) is 35.4 Å². The second kappa shape index (κ2) is 7.21. The van der Waals surface area contributed by atoms with E-state index in [0.717, 1.165) is 25.9 Å².